The van der Waals surface area contributed by atoms with Crippen molar-refractivity contribution >= 4 is 29.8 Å². The minimum absolute atomic E-state index is 0.332. The first-order valence-corrected chi connectivity index (χ1v) is 6.18. The number of fused-ring (bicyclic) bond motifs is 3. The smallest absolute Gasteiger partial charge is 0.143 e. The van der Waals surface area contributed by atoms with Crippen LogP contribution >= 0.6 is 24.0 Å². The lowest BCUT2D eigenvalue weighted by atomic mass is 9.97. The summed E-state index contributed by atoms with van der Waals surface area (Å²) >= 11 is 6.29. The van der Waals surface area contributed by atoms with E-state index in [0.717, 1.165) is 5.75 Å². The van der Waals surface area contributed by atoms with Gasteiger partial charge in [-0.2, -0.15) is 12.6 Å². The lowest BCUT2D eigenvalue weighted by Gasteiger charge is -2.31. The highest BCUT2D eigenvalue weighted by Gasteiger charge is 2.47. The maximum atomic E-state index is 4.50. The molecule has 70 valence electrons. The zero-order valence-corrected chi connectivity index (χ0v) is 9.07. The molecule has 13 heavy (non-hydrogen) atoms. The van der Waals surface area contributed by atoms with Crippen LogP contribution in [0.4, 0.5) is 5.82 Å². The van der Waals surface area contributed by atoms with Gasteiger partial charge in [-0.1, -0.05) is 0 Å². The Morgan fingerprint density at radius 3 is 3.46 bits per heavy atom. The molecule has 1 atom stereocenters. The molecule has 0 bridgehead atoms. The summed E-state index contributed by atoms with van der Waals surface area (Å²) in [7, 11) is 0. The molecule has 1 saturated heterocycles. The van der Waals surface area contributed by atoms with Crippen LogP contribution < -0.4 is 4.90 Å². The second kappa shape index (κ2) is 2.64. The Morgan fingerprint density at radius 2 is 2.62 bits per heavy atom. The van der Waals surface area contributed by atoms with Crippen LogP contribution in [0.25, 0.3) is 0 Å². The van der Waals surface area contributed by atoms with Crippen molar-refractivity contribution in [2.45, 2.75) is 24.8 Å². The van der Waals surface area contributed by atoms with Crippen LogP contribution in [0, 0.1) is 0 Å². The van der Waals surface area contributed by atoms with E-state index in [1.54, 1.807) is 11.3 Å². The van der Waals surface area contributed by atoms with Crippen molar-refractivity contribution in [2.24, 2.45) is 0 Å². The van der Waals surface area contributed by atoms with E-state index < -0.39 is 0 Å². The number of aromatic nitrogens is 1. The number of hydrogen-bond acceptors (Lipinski definition) is 4. The van der Waals surface area contributed by atoms with Crippen molar-refractivity contribution in [2.75, 3.05) is 17.2 Å². The predicted molar refractivity (Wildman–Crippen MR) is 59.0 cm³/mol. The van der Waals surface area contributed by atoms with E-state index in [1.165, 1.54) is 36.5 Å². The third-order valence-electron chi connectivity index (χ3n) is 3.26. The molecule has 0 saturated carbocycles. The Morgan fingerprint density at radius 1 is 1.69 bits per heavy atom. The van der Waals surface area contributed by atoms with Crippen LogP contribution in [0.3, 0.4) is 0 Å². The van der Waals surface area contributed by atoms with Gasteiger partial charge in [0.05, 0.1) is 15.9 Å². The number of nitrogens with zero attached hydrogens (tertiary/aromatic N) is 2. The Labute approximate surface area is 87.4 Å². The van der Waals surface area contributed by atoms with Gasteiger partial charge in [0.2, 0.25) is 0 Å². The monoisotopic (exact) mass is 212 g/mol. The molecule has 2 aliphatic rings. The van der Waals surface area contributed by atoms with Crippen LogP contribution in [0.5, 0.6) is 0 Å². The summed E-state index contributed by atoms with van der Waals surface area (Å²) in [5, 5.41) is 0. The summed E-state index contributed by atoms with van der Waals surface area (Å²) in [5.74, 6) is 2.22. The maximum Gasteiger partial charge on any atom is 0.143 e. The first kappa shape index (κ1) is 8.12. The fourth-order valence-corrected chi connectivity index (χ4v) is 3.92. The predicted octanol–water partition coefficient (Wildman–Crippen LogP) is 1.97. The summed E-state index contributed by atoms with van der Waals surface area (Å²) in [6.07, 6.45) is 3.77. The summed E-state index contributed by atoms with van der Waals surface area (Å²) in [4.78, 5) is 8.39. The summed E-state index contributed by atoms with van der Waals surface area (Å²) in [5.41, 5.74) is 2.30. The Bertz CT molecular complexity index is 336. The summed E-state index contributed by atoms with van der Waals surface area (Å²) in [6.45, 7) is 1.18. The number of thiazole rings is 1. The van der Waals surface area contributed by atoms with Crippen molar-refractivity contribution in [3.8, 4) is 0 Å². The van der Waals surface area contributed by atoms with Crippen LogP contribution in [0.2, 0.25) is 0 Å². The van der Waals surface area contributed by atoms with Crippen molar-refractivity contribution in [1.29, 1.82) is 0 Å². The molecule has 0 amide bonds. The Hall–Kier alpha value is -0.220. The van der Waals surface area contributed by atoms with Gasteiger partial charge in [0.1, 0.15) is 5.82 Å². The molecule has 0 spiro atoms. The van der Waals surface area contributed by atoms with Gasteiger partial charge in [-0.05, 0) is 12.8 Å². The van der Waals surface area contributed by atoms with E-state index in [9.17, 15) is 0 Å². The van der Waals surface area contributed by atoms with E-state index in [1.807, 2.05) is 5.51 Å². The highest BCUT2D eigenvalue weighted by atomic mass is 32.1. The third-order valence-corrected chi connectivity index (χ3v) is 4.67. The highest BCUT2D eigenvalue weighted by Crippen LogP contribution is 2.46. The molecule has 0 aliphatic carbocycles. The fraction of sp³-hybridized carbons (Fsp3) is 0.667. The van der Waals surface area contributed by atoms with Gasteiger partial charge in [-0.25, -0.2) is 4.98 Å². The topological polar surface area (TPSA) is 16.1 Å². The van der Waals surface area contributed by atoms with Crippen LogP contribution in [-0.2, 0) is 6.42 Å². The van der Waals surface area contributed by atoms with Crippen molar-refractivity contribution < 1.29 is 0 Å². The van der Waals surface area contributed by atoms with Crippen molar-refractivity contribution in [1.82, 2.24) is 4.98 Å². The van der Waals surface area contributed by atoms with E-state index in [0.29, 0.717) is 5.54 Å². The molecule has 1 fully saturated rings. The van der Waals surface area contributed by atoms with Crippen LogP contribution in [0.15, 0.2) is 5.51 Å². The molecule has 3 rings (SSSR count). The zero-order valence-electron chi connectivity index (χ0n) is 7.36. The quantitative estimate of drug-likeness (QED) is 0.716. The molecule has 0 N–H and O–H groups in total. The summed E-state index contributed by atoms with van der Waals surface area (Å²) in [6, 6.07) is 0. The molecule has 3 heterocycles. The average Bonchev–Trinajstić information content (AvgIpc) is 2.72. The summed E-state index contributed by atoms with van der Waals surface area (Å²) < 4.78 is 0. The lowest BCUT2D eigenvalue weighted by molar-refractivity contribution is 0.503. The normalized spacial score (nSPS) is 30.7. The van der Waals surface area contributed by atoms with Crippen molar-refractivity contribution in [3.05, 3.63) is 10.4 Å². The minimum atomic E-state index is 0.332. The van der Waals surface area contributed by atoms with Gasteiger partial charge < -0.3 is 4.90 Å². The second-order valence-electron chi connectivity index (χ2n) is 3.91. The van der Waals surface area contributed by atoms with Gasteiger partial charge in [0.15, 0.2) is 0 Å². The fourth-order valence-electron chi connectivity index (χ4n) is 2.58. The molecule has 1 unspecified atom stereocenters. The van der Waals surface area contributed by atoms with Gasteiger partial charge in [0.25, 0.3) is 0 Å². The first-order valence-electron chi connectivity index (χ1n) is 4.67. The van der Waals surface area contributed by atoms with E-state index in [4.69, 9.17) is 0 Å². The number of rotatable bonds is 1. The highest BCUT2D eigenvalue weighted by molar-refractivity contribution is 7.80. The van der Waals surface area contributed by atoms with Crippen LogP contribution in [-0.4, -0.2) is 22.8 Å². The molecule has 1 aromatic heterocycles. The van der Waals surface area contributed by atoms with Crippen molar-refractivity contribution in [3.63, 3.8) is 0 Å². The van der Waals surface area contributed by atoms with E-state index in [-0.39, 0.29) is 0 Å². The minimum Gasteiger partial charge on any atom is -0.349 e. The van der Waals surface area contributed by atoms with Gasteiger partial charge in [0, 0.05) is 18.7 Å². The van der Waals surface area contributed by atoms with E-state index in [2.05, 4.69) is 22.5 Å². The van der Waals surface area contributed by atoms with Gasteiger partial charge in [-0.15, -0.1) is 11.3 Å². The number of hydrogen-bond donors (Lipinski definition) is 1. The molecule has 4 heteroatoms. The maximum absolute atomic E-state index is 4.50. The molecule has 2 aliphatic heterocycles. The second-order valence-corrected chi connectivity index (χ2v) is 5.17. The van der Waals surface area contributed by atoms with E-state index >= 15 is 0 Å². The van der Waals surface area contributed by atoms with Crippen LogP contribution in [0.1, 0.15) is 17.7 Å². The van der Waals surface area contributed by atoms with Gasteiger partial charge in [-0.3, -0.25) is 0 Å². The Balaban J connectivity index is 2.07. The third kappa shape index (κ3) is 0.931. The average molecular weight is 212 g/mol. The standard InChI is InChI=1S/C9H12N2S2/c12-5-9-2-1-3-11(9)8-7(4-9)13-6-10-8/h6,12H,1-5H2. The number of anilines is 1. The first-order chi connectivity index (χ1) is 6.36. The molecule has 2 nitrogen and oxygen atoms in total. The SMILES string of the molecule is SCC12CCCN1c1ncsc1C2. The number of thiol groups is 1. The molecule has 1 aromatic rings. The Kier molecular flexibility index (Phi) is 1.65. The molecule has 0 radical (unpaired) electrons. The largest absolute Gasteiger partial charge is 0.349 e. The zero-order chi connectivity index (χ0) is 8.89. The molecular weight excluding hydrogens is 200 g/mol. The molecular formula is C9H12N2S2. The molecule has 0 aromatic carbocycles. The van der Waals surface area contributed by atoms with Gasteiger partial charge >= 0.3 is 0 Å². The lowest BCUT2D eigenvalue weighted by Crippen LogP contribution is -2.43.